The van der Waals surface area contributed by atoms with Crippen LogP contribution in [0.2, 0.25) is 5.22 Å². The van der Waals surface area contributed by atoms with Crippen molar-refractivity contribution in [3.05, 3.63) is 11.5 Å². The molecular formula is C2HClO4. The molecular weight excluding hydrogens is 123 g/mol. The zero-order chi connectivity index (χ0) is 5.11. The third-order valence-corrected chi connectivity index (χ3v) is 0.474. The molecule has 0 aliphatic carbocycles. The van der Waals surface area contributed by atoms with Crippen LogP contribution in [-0.2, 0) is 0 Å². The molecule has 1 aromatic heterocycles. The molecule has 0 fully saturated rings. The minimum absolute atomic E-state index is 0.00810. The highest BCUT2D eigenvalue weighted by Gasteiger charge is 1.84. The van der Waals surface area contributed by atoms with E-state index >= 15 is 0 Å². The first-order valence-corrected chi connectivity index (χ1v) is 1.80. The summed E-state index contributed by atoms with van der Waals surface area (Å²) in [5.74, 6) is 0. The van der Waals surface area contributed by atoms with Crippen LogP contribution in [0.1, 0.15) is 0 Å². The van der Waals surface area contributed by atoms with Gasteiger partial charge in [0, 0.05) is 0 Å². The molecule has 5 heteroatoms. The maximum absolute atomic E-state index is 5.13. The third kappa shape index (κ3) is 1.04. The molecule has 0 saturated heterocycles. The minimum Gasteiger partial charge on any atom is -0.252 e. The van der Waals surface area contributed by atoms with E-state index in [0.717, 1.165) is 6.26 Å². The maximum Gasteiger partial charge on any atom is 0.289 e. The Hall–Kier alpha value is -0.770. The predicted octanol–water partition coefficient (Wildman–Crippen LogP) is 1.84. The van der Waals surface area contributed by atoms with Crippen molar-refractivity contribution >= 4 is 11.6 Å². The second kappa shape index (κ2) is 1.79. The van der Waals surface area contributed by atoms with E-state index < -0.39 is 0 Å². The van der Waals surface area contributed by atoms with E-state index in [1.807, 2.05) is 0 Å². The van der Waals surface area contributed by atoms with Gasteiger partial charge in [-0.3, -0.25) is 4.58 Å². The van der Waals surface area contributed by atoms with E-state index in [4.69, 9.17) is 11.6 Å². The predicted molar refractivity (Wildman–Crippen MR) is 18.1 cm³/mol. The summed E-state index contributed by atoms with van der Waals surface area (Å²) in [6.07, 6.45) is 1.05. The summed E-state index contributed by atoms with van der Waals surface area (Å²) in [6, 6.07) is 0. The fraction of sp³-hybridized carbons (Fsp3) is 0. The average molecular weight is 124 g/mol. The van der Waals surface area contributed by atoms with Gasteiger partial charge < -0.3 is 0 Å². The Morgan fingerprint density at radius 1 is 1.43 bits per heavy atom. The largest absolute Gasteiger partial charge is 0.289 e. The molecule has 0 radical (unpaired) electrons. The highest BCUT2D eigenvalue weighted by molar-refractivity contribution is 6.28. The smallest absolute Gasteiger partial charge is 0.252 e. The number of rotatable bonds is 0. The van der Waals surface area contributed by atoms with Gasteiger partial charge in [0.2, 0.25) is 6.26 Å². The molecule has 0 atom stereocenters. The summed E-state index contributed by atoms with van der Waals surface area (Å²) in [7, 11) is 0. The fourth-order valence-electron chi connectivity index (χ4n) is 0.140. The van der Waals surface area contributed by atoms with Gasteiger partial charge in [0.05, 0.1) is 0 Å². The molecule has 1 heterocycles. The fourth-order valence-corrected chi connectivity index (χ4v) is 0.202. The van der Waals surface area contributed by atoms with Crippen molar-refractivity contribution in [2.75, 3.05) is 0 Å². The Morgan fingerprint density at radius 2 is 2.29 bits per heavy atom. The van der Waals surface area contributed by atoms with Gasteiger partial charge >= 0.3 is 0 Å². The van der Waals surface area contributed by atoms with Gasteiger partial charge in [-0.2, -0.15) is 0 Å². The molecule has 4 nitrogen and oxygen atoms in total. The van der Waals surface area contributed by atoms with E-state index in [1.165, 1.54) is 0 Å². The van der Waals surface area contributed by atoms with Crippen molar-refractivity contribution in [3.8, 4) is 0 Å². The monoisotopic (exact) mass is 124 g/mol. The molecule has 0 aromatic carbocycles. The van der Waals surface area contributed by atoms with Gasteiger partial charge in [0.1, 0.15) is 0 Å². The summed E-state index contributed by atoms with van der Waals surface area (Å²) >= 11 is 5.13. The zero-order valence-electron chi connectivity index (χ0n) is 3.09. The lowest BCUT2D eigenvalue weighted by Crippen LogP contribution is -1.55. The van der Waals surface area contributed by atoms with Crippen LogP contribution in [0.3, 0.4) is 0 Å². The first-order chi connectivity index (χ1) is 3.39. The van der Waals surface area contributed by atoms with Crippen molar-refractivity contribution in [3.63, 3.8) is 0 Å². The second-order valence-electron chi connectivity index (χ2n) is 0.738. The van der Waals surface area contributed by atoms with Gasteiger partial charge in [-0.25, -0.2) is 4.58 Å². The molecule has 0 bridgehead atoms. The van der Waals surface area contributed by atoms with E-state index in [1.54, 1.807) is 0 Å². The number of halogens is 1. The summed E-state index contributed by atoms with van der Waals surface area (Å²) < 4.78 is 15.6. The number of hydrogen-bond donors (Lipinski definition) is 0. The van der Waals surface area contributed by atoms with Crippen LogP contribution < -0.4 is 0 Å². The summed E-state index contributed by atoms with van der Waals surface area (Å²) in [5.41, 5.74) is 0. The topological polar surface area (TPSA) is 52.6 Å². The zero-order valence-corrected chi connectivity index (χ0v) is 3.84. The molecule has 1 rings (SSSR count). The molecule has 0 aliphatic rings. The Labute approximate surface area is 42.7 Å². The highest BCUT2D eigenvalue weighted by atomic mass is 35.5. The van der Waals surface area contributed by atoms with Gasteiger partial charge in [0.15, 0.2) is 0 Å². The normalized spacial score (nSPS) is 8.71. The molecule has 1 aromatic rings. The quantitative estimate of drug-likeness (QED) is 0.495. The van der Waals surface area contributed by atoms with Gasteiger partial charge in [-0.15, -0.1) is 0 Å². The Kier molecular flexibility index (Phi) is 1.12. The maximum atomic E-state index is 5.13. The number of hydrogen-bond acceptors (Lipinski definition) is 4. The molecule has 0 aliphatic heterocycles. The van der Waals surface area contributed by atoms with Crippen molar-refractivity contribution < 1.29 is 18.6 Å². The van der Waals surface area contributed by atoms with Crippen LogP contribution in [-0.4, -0.2) is 0 Å². The lowest BCUT2D eigenvalue weighted by atomic mass is 11.0. The summed E-state index contributed by atoms with van der Waals surface area (Å²) in [6.45, 7) is 0. The lowest BCUT2D eigenvalue weighted by molar-refractivity contribution is -0.311. The molecule has 0 unspecified atom stereocenters. The van der Waals surface area contributed by atoms with Crippen LogP contribution in [0, 0.1) is 0 Å². The van der Waals surface area contributed by atoms with Crippen molar-refractivity contribution in [2.24, 2.45) is 0 Å². The molecule has 40 valence electrons. The minimum atomic E-state index is -0.00810. The Morgan fingerprint density at radius 3 is 2.57 bits per heavy atom. The van der Waals surface area contributed by atoms with E-state index in [0.29, 0.717) is 0 Å². The SMILES string of the molecule is Clc1coooo1. The first kappa shape index (κ1) is 4.39. The highest BCUT2D eigenvalue weighted by Crippen LogP contribution is 2.03. The van der Waals surface area contributed by atoms with Gasteiger partial charge in [0.25, 0.3) is 5.22 Å². The van der Waals surface area contributed by atoms with Crippen molar-refractivity contribution in [1.82, 2.24) is 0 Å². The first-order valence-electron chi connectivity index (χ1n) is 1.42. The van der Waals surface area contributed by atoms with Crippen molar-refractivity contribution in [2.45, 2.75) is 0 Å². The molecule has 0 N–H and O–H groups in total. The lowest BCUT2D eigenvalue weighted by Gasteiger charge is -1.76. The molecule has 0 amide bonds. The van der Waals surface area contributed by atoms with Crippen molar-refractivity contribution in [1.29, 1.82) is 0 Å². The van der Waals surface area contributed by atoms with E-state index in [2.05, 4.69) is 18.6 Å². The van der Waals surface area contributed by atoms with Gasteiger partial charge in [-0.1, -0.05) is 0 Å². The van der Waals surface area contributed by atoms with Gasteiger partial charge in [-0.05, 0) is 21.1 Å². The van der Waals surface area contributed by atoms with E-state index in [-0.39, 0.29) is 5.22 Å². The Balaban J connectivity index is 3.02. The summed E-state index contributed by atoms with van der Waals surface area (Å²) in [4.78, 5) is 0. The van der Waals surface area contributed by atoms with Crippen LogP contribution in [0.25, 0.3) is 0 Å². The van der Waals surface area contributed by atoms with Crippen LogP contribution in [0.4, 0.5) is 0 Å². The second-order valence-corrected chi connectivity index (χ2v) is 1.11. The van der Waals surface area contributed by atoms with Crippen LogP contribution in [0.5, 0.6) is 0 Å². The Bertz CT molecular complexity index is 140. The molecule has 0 saturated carbocycles. The molecule has 7 heavy (non-hydrogen) atoms. The standard InChI is InChI=1S/C2HClO4/c3-2-1-4-6-7-5-2/h1H. The van der Waals surface area contributed by atoms with E-state index in [9.17, 15) is 0 Å². The third-order valence-electron chi connectivity index (χ3n) is 0.321. The molecule has 0 spiro atoms. The van der Waals surface area contributed by atoms with Crippen LogP contribution >= 0.6 is 11.6 Å². The summed E-state index contributed by atoms with van der Waals surface area (Å²) in [5, 5.41) is -0.00810. The average Bonchev–Trinajstić information content (AvgIpc) is 1.69. The van der Waals surface area contributed by atoms with Crippen LogP contribution in [0.15, 0.2) is 24.9 Å².